The van der Waals surface area contributed by atoms with E-state index in [1.54, 1.807) is 18.8 Å². The van der Waals surface area contributed by atoms with Gasteiger partial charge in [0, 0.05) is 24.9 Å². The van der Waals surface area contributed by atoms with E-state index in [1.807, 2.05) is 31.2 Å². The molecule has 3 rings (SSSR count). The van der Waals surface area contributed by atoms with Crippen molar-refractivity contribution >= 4 is 22.8 Å². The fourth-order valence-corrected chi connectivity index (χ4v) is 3.68. The van der Waals surface area contributed by atoms with E-state index in [0.29, 0.717) is 27.1 Å². The highest BCUT2D eigenvalue weighted by Gasteiger charge is 2.19. The minimum Gasteiger partial charge on any atom is -0.280 e. The van der Waals surface area contributed by atoms with Crippen molar-refractivity contribution in [2.75, 3.05) is 0 Å². The average Bonchev–Trinajstić information content (AvgIpc) is 2.63. The van der Waals surface area contributed by atoms with Crippen molar-refractivity contribution in [1.82, 2.24) is 19.1 Å². The van der Waals surface area contributed by atoms with Gasteiger partial charge in [-0.1, -0.05) is 37.6 Å². The van der Waals surface area contributed by atoms with Crippen LogP contribution >= 0.6 is 11.8 Å². The van der Waals surface area contributed by atoms with Crippen molar-refractivity contribution in [2.45, 2.75) is 37.5 Å². The molecule has 7 heteroatoms. The van der Waals surface area contributed by atoms with Gasteiger partial charge in [0.2, 0.25) is 0 Å². The number of hydrogen-bond donors (Lipinski definition) is 0. The van der Waals surface area contributed by atoms with E-state index in [-0.39, 0.29) is 5.56 Å². The molecule has 0 aliphatic carbocycles. The maximum Gasteiger partial charge on any atom is 0.332 e. The fraction of sp³-hybridized carbons (Fsp3) is 0.368. The Morgan fingerprint density at radius 2 is 1.88 bits per heavy atom. The zero-order chi connectivity index (χ0) is 19.0. The number of rotatable bonds is 4. The lowest BCUT2D eigenvalue weighted by atomic mass is 10.1. The quantitative estimate of drug-likeness (QED) is 0.522. The minimum atomic E-state index is -0.393. The molecule has 1 aromatic carbocycles. The van der Waals surface area contributed by atoms with E-state index in [1.165, 1.54) is 11.6 Å². The molecule has 0 radical (unpaired) electrons. The largest absolute Gasteiger partial charge is 0.332 e. The number of benzene rings is 1. The van der Waals surface area contributed by atoms with Crippen LogP contribution in [-0.2, 0) is 14.1 Å². The highest BCUT2D eigenvalue weighted by Crippen LogP contribution is 2.30. The van der Waals surface area contributed by atoms with Crippen molar-refractivity contribution < 1.29 is 0 Å². The van der Waals surface area contributed by atoms with Crippen LogP contribution in [0.3, 0.4) is 0 Å². The molecule has 2 aromatic heterocycles. The summed E-state index contributed by atoms with van der Waals surface area (Å²) in [5.41, 5.74) is 1.59. The first-order valence-corrected chi connectivity index (χ1v) is 9.43. The maximum atomic E-state index is 12.8. The Morgan fingerprint density at radius 1 is 1.15 bits per heavy atom. The summed E-state index contributed by atoms with van der Waals surface area (Å²) in [6.07, 6.45) is 0.946. The summed E-state index contributed by atoms with van der Waals surface area (Å²) in [5, 5.41) is 1.31. The van der Waals surface area contributed by atoms with Gasteiger partial charge in [0.05, 0.1) is 0 Å². The van der Waals surface area contributed by atoms with Gasteiger partial charge in [-0.25, -0.2) is 14.8 Å². The lowest BCUT2D eigenvalue weighted by Gasteiger charge is -2.14. The van der Waals surface area contributed by atoms with E-state index in [0.717, 1.165) is 22.1 Å². The van der Waals surface area contributed by atoms with E-state index in [9.17, 15) is 9.59 Å². The third-order valence-corrected chi connectivity index (χ3v) is 5.69. The van der Waals surface area contributed by atoms with Gasteiger partial charge in [-0.2, -0.15) is 0 Å². The number of nitrogens with zero attached hydrogens (tertiary/aromatic N) is 4. The molecule has 0 aliphatic heterocycles. The molecular weight excluding hydrogens is 348 g/mol. The molecule has 0 N–H and O–H groups in total. The lowest BCUT2D eigenvalue weighted by Crippen LogP contribution is -2.37. The van der Waals surface area contributed by atoms with Crippen LogP contribution in [0, 0.1) is 6.92 Å². The first kappa shape index (κ1) is 18.4. The molecule has 0 saturated carbocycles. The molecule has 136 valence electrons. The average molecular weight is 370 g/mol. The Hall–Kier alpha value is -2.41. The first-order valence-electron chi connectivity index (χ1n) is 8.55. The summed E-state index contributed by atoms with van der Waals surface area (Å²) < 4.78 is 2.52. The molecule has 0 saturated heterocycles. The molecule has 0 bridgehead atoms. The van der Waals surface area contributed by atoms with Gasteiger partial charge < -0.3 is 0 Å². The highest BCUT2D eigenvalue weighted by molar-refractivity contribution is 8.00. The number of thioether (sulfide) groups is 1. The molecule has 2 heterocycles. The van der Waals surface area contributed by atoms with E-state index in [4.69, 9.17) is 4.98 Å². The third-order valence-electron chi connectivity index (χ3n) is 4.43. The van der Waals surface area contributed by atoms with Crippen LogP contribution in [0.5, 0.6) is 0 Å². The molecule has 26 heavy (non-hydrogen) atoms. The zero-order valence-electron chi connectivity index (χ0n) is 15.6. The number of hydrogen-bond acceptors (Lipinski definition) is 5. The molecule has 6 nitrogen and oxygen atoms in total. The van der Waals surface area contributed by atoms with E-state index < -0.39 is 5.69 Å². The predicted molar refractivity (Wildman–Crippen MR) is 106 cm³/mol. The second kappa shape index (κ2) is 7.07. The third kappa shape index (κ3) is 3.19. The standard InChI is InChI=1S/C19H22N4O2S/c1-6-12(3)26-17-14-16(22(4)19(25)23(5)18(14)24)20-15(21-17)13-9-7-8-11(2)10-13/h7-10,12H,6H2,1-5H3/t12-/m1/s1. The molecular formula is C19H22N4O2S. The van der Waals surface area contributed by atoms with Crippen molar-refractivity contribution in [3.63, 3.8) is 0 Å². The molecule has 0 unspecified atom stereocenters. The summed E-state index contributed by atoms with van der Waals surface area (Å²) in [4.78, 5) is 34.4. The first-order chi connectivity index (χ1) is 12.3. The lowest BCUT2D eigenvalue weighted by molar-refractivity contribution is 0.703. The van der Waals surface area contributed by atoms with E-state index in [2.05, 4.69) is 18.8 Å². The Kier molecular flexibility index (Phi) is 5.00. The Morgan fingerprint density at radius 3 is 2.54 bits per heavy atom. The molecule has 0 spiro atoms. The van der Waals surface area contributed by atoms with Gasteiger partial charge in [0.15, 0.2) is 11.5 Å². The van der Waals surface area contributed by atoms with Crippen molar-refractivity contribution in [1.29, 1.82) is 0 Å². The number of fused-ring (bicyclic) bond motifs is 1. The van der Waals surface area contributed by atoms with Gasteiger partial charge in [0.1, 0.15) is 10.4 Å². The van der Waals surface area contributed by atoms with Crippen LogP contribution in [0.2, 0.25) is 0 Å². The summed E-state index contributed by atoms with van der Waals surface area (Å²) in [6.45, 7) is 6.19. The van der Waals surface area contributed by atoms with Crippen LogP contribution in [-0.4, -0.2) is 24.4 Å². The summed E-state index contributed by atoms with van der Waals surface area (Å²) in [6, 6.07) is 7.89. The Balaban J connectivity index is 2.40. The molecule has 3 aromatic rings. The van der Waals surface area contributed by atoms with Gasteiger partial charge in [-0.3, -0.25) is 13.9 Å². The normalized spacial score (nSPS) is 12.5. The van der Waals surface area contributed by atoms with Crippen molar-refractivity contribution in [3.05, 3.63) is 50.7 Å². The van der Waals surface area contributed by atoms with Gasteiger partial charge in [-0.05, 0) is 19.4 Å². The van der Waals surface area contributed by atoms with Crippen molar-refractivity contribution in [2.24, 2.45) is 14.1 Å². The summed E-state index contributed by atoms with van der Waals surface area (Å²) >= 11 is 1.54. The fourth-order valence-electron chi connectivity index (χ4n) is 2.70. The zero-order valence-corrected chi connectivity index (χ0v) is 16.4. The monoisotopic (exact) mass is 370 g/mol. The minimum absolute atomic E-state index is 0.292. The van der Waals surface area contributed by atoms with Gasteiger partial charge >= 0.3 is 5.69 Å². The van der Waals surface area contributed by atoms with Crippen LogP contribution in [0.1, 0.15) is 25.8 Å². The summed E-state index contributed by atoms with van der Waals surface area (Å²) in [7, 11) is 3.12. The van der Waals surface area contributed by atoms with Crippen LogP contribution in [0.25, 0.3) is 22.4 Å². The number of aromatic nitrogens is 4. The Bertz CT molecular complexity index is 1100. The molecule has 0 aliphatic rings. The second-order valence-corrected chi connectivity index (χ2v) is 7.89. The maximum absolute atomic E-state index is 12.8. The predicted octanol–water partition coefficient (Wildman–Crippen LogP) is 2.89. The summed E-state index contributed by atoms with van der Waals surface area (Å²) in [5.74, 6) is 0.523. The van der Waals surface area contributed by atoms with Crippen LogP contribution < -0.4 is 11.2 Å². The smallest absolute Gasteiger partial charge is 0.280 e. The van der Waals surface area contributed by atoms with Crippen LogP contribution in [0.15, 0.2) is 38.9 Å². The topological polar surface area (TPSA) is 69.8 Å². The Labute approximate surface area is 155 Å². The van der Waals surface area contributed by atoms with Crippen LogP contribution in [0.4, 0.5) is 0 Å². The molecule has 0 amide bonds. The SMILES string of the molecule is CC[C@@H](C)Sc1nc(-c2cccc(C)c2)nc2c1c(=O)n(C)c(=O)n2C. The van der Waals surface area contributed by atoms with Gasteiger partial charge in [0.25, 0.3) is 5.56 Å². The highest BCUT2D eigenvalue weighted by atomic mass is 32.2. The second-order valence-electron chi connectivity index (χ2n) is 6.46. The molecule has 1 atom stereocenters. The van der Waals surface area contributed by atoms with E-state index >= 15 is 0 Å². The van der Waals surface area contributed by atoms with Crippen molar-refractivity contribution in [3.8, 4) is 11.4 Å². The number of aryl methyl sites for hydroxylation is 2. The van der Waals surface area contributed by atoms with Gasteiger partial charge in [-0.15, -0.1) is 11.8 Å². The molecule has 0 fully saturated rings.